The Morgan fingerprint density at radius 1 is 1.38 bits per heavy atom. The average molecular weight is 202 g/mol. The third-order valence-electron chi connectivity index (χ3n) is 2.84. The molecule has 1 rings (SSSR count). The second kappa shape index (κ2) is 4.36. The Kier molecular flexibility index (Phi) is 3.65. The summed E-state index contributed by atoms with van der Waals surface area (Å²) >= 11 is 1.81. The van der Waals surface area contributed by atoms with Crippen LogP contribution in [0.3, 0.4) is 0 Å². The van der Waals surface area contributed by atoms with Crippen LogP contribution in [-0.2, 0) is 9.53 Å². The molecular formula is C10H18O2S. The van der Waals surface area contributed by atoms with E-state index in [2.05, 4.69) is 20.8 Å². The summed E-state index contributed by atoms with van der Waals surface area (Å²) in [5.41, 5.74) is 0.0810. The zero-order valence-electron chi connectivity index (χ0n) is 8.74. The molecule has 0 aliphatic carbocycles. The maximum atomic E-state index is 10.8. The minimum atomic E-state index is -0.159. The summed E-state index contributed by atoms with van der Waals surface area (Å²) in [5.74, 6) is 0.978. The predicted octanol–water partition coefficient (Wildman–Crippen LogP) is 2.67. The lowest BCUT2D eigenvalue weighted by Gasteiger charge is -2.16. The van der Waals surface area contributed by atoms with Crippen molar-refractivity contribution < 1.29 is 9.53 Å². The molecule has 0 bridgehead atoms. The van der Waals surface area contributed by atoms with Crippen molar-refractivity contribution in [3.05, 3.63) is 0 Å². The van der Waals surface area contributed by atoms with Gasteiger partial charge in [0.25, 0.3) is 0 Å². The van der Waals surface area contributed by atoms with Crippen LogP contribution in [0.5, 0.6) is 0 Å². The van der Waals surface area contributed by atoms with Crippen LogP contribution in [0, 0.1) is 11.8 Å². The molecule has 1 unspecified atom stereocenters. The van der Waals surface area contributed by atoms with E-state index in [4.69, 9.17) is 4.74 Å². The Labute approximate surface area is 84.4 Å². The van der Waals surface area contributed by atoms with Gasteiger partial charge in [-0.15, -0.1) is 11.8 Å². The van der Waals surface area contributed by atoms with E-state index in [1.165, 1.54) is 6.92 Å². The quantitative estimate of drug-likeness (QED) is 0.644. The van der Waals surface area contributed by atoms with Gasteiger partial charge < -0.3 is 4.74 Å². The van der Waals surface area contributed by atoms with Crippen molar-refractivity contribution in [2.24, 2.45) is 11.8 Å². The number of hydrogen-bond acceptors (Lipinski definition) is 3. The topological polar surface area (TPSA) is 26.3 Å². The van der Waals surface area contributed by atoms with E-state index in [0.717, 1.165) is 6.42 Å². The van der Waals surface area contributed by atoms with Crippen LogP contribution >= 0.6 is 11.8 Å². The summed E-state index contributed by atoms with van der Waals surface area (Å²) in [4.78, 5) is 10.8. The van der Waals surface area contributed by atoms with E-state index in [1.54, 1.807) is 0 Å². The third kappa shape index (κ3) is 2.39. The van der Waals surface area contributed by atoms with Gasteiger partial charge in [0, 0.05) is 18.1 Å². The zero-order valence-corrected chi connectivity index (χ0v) is 9.56. The molecule has 0 aromatic rings. The van der Waals surface area contributed by atoms with Crippen LogP contribution in [-0.4, -0.2) is 16.7 Å². The molecule has 2 nitrogen and oxygen atoms in total. The Hall–Kier alpha value is -0.180. The SMILES string of the molecule is CC[C@H]1SC(OC(C)=O)[C@@H](C)[C@@H]1C. The molecule has 1 aliphatic rings. The van der Waals surface area contributed by atoms with Gasteiger partial charge in [0.1, 0.15) is 0 Å². The van der Waals surface area contributed by atoms with Gasteiger partial charge >= 0.3 is 5.97 Å². The number of ether oxygens (including phenoxy) is 1. The first-order chi connectivity index (χ1) is 6.06. The normalized spacial score (nSPS) is 39.1. The molecule has 1 fully saturated rings. The number of thioether (sulfide) groups is 1. The molecule has 0 saturated carbocycles. The van der Waals surface area contributed by atoms with Crippen LogP contribution in [0.4, 0.5) is 0 Å². The zero-order chi connectivity index (χ0) is 10.0. The van der Waals surface area contributed by atoms with Gasteiger partial charge in [-0.1, -0.05) is 20.8 Å². The van der Waals surface area contributed by atoms with Gasteiger partial charge in [0.15, 0.2) is 5.44 Å². The van der Waals surface area contributed by atoms with E-state index in [1.807, 2.05) is 11.8 Å². The van der Waals surface area contributed by atoms with E-state index in [-0.39, 0.29) is 11.4 Å². The highest BCUT2D eigenvalue weighted by atomic mass is 32.2. The molecule has 4 atom stereocenters. The Bertz CT molecular complexity index is 193. The molecule has 3 heteroatoms. The van der Waals surface area contributed by atoms with Gasteiger partial charge in [-0.3, -0.25) is 4.79 Å². The second-order valence-corrected chi connectivity index (χ2v) is 5.12. The first-order valence-electron chi connectivity index (χ1n) is 4.89. The lowest BCUT2D eigenvalue weighted by atomic mass is 9.92. The van der Waals surface area contributed by atoms with Crippen LogP contribution in [0.15, 0.2) is 0 Å². The van der Waals surface area contributed by atoms with Crippen LogP contribution in [0.2, 0.25) is 0 Å². The summed E-state index contributed by atoms with van der Waals surface area (Å²) in [6.45, 7) is 8.09. The molecule has 0 aromatic carbocycles. The summed E-state index contributed by atoms with van der Waals surface area (Å²) < 4.78 is 5.25. The lowest BCUT2D eigenvalue weighted by Crippen LogP contribution is -2.19. The minimum Gasteiger partial charge on any atom is -0.451 e. The molecule has 0 radical (unpaired) electrons. The van der Waals surface area contributed by atoms with E-state index in [0.29, 0.717) is 17.1 Å². The predicted molar refractivity (Wildman–Crippen MR) is 55.6 cm³/mol. The van der Waals surface area contributed by atoms with Gasteiger partial charge in [-0.25, -0.2) is 0 Å². The van der Waals surface area contributed by atoms with Gasteiger partial charge in [0.05, 0.1) is 0 Å². The Morgan fingerprint density at radius 2 is 2.00 bits per heavy atom. The van der Waals surface area contributed by atoms with Gasteiger partial charge in [-0.2, -0.15) is 0 Å². The molecule has 1 heterocycles. The molecule has 13 heavy (non-hydrogen) atoms. The van der Waals surface area contributed by atoms with Crippen molar-refractivity contribution in [1.29, 1.82) is 0 Å². The number of esters is 1. The fraction of sp³-hybridized carbons (Fsp3) is 0.900. The monoisotopic (exact) mass is 202 g/mol. The van der Waals surface area contributed by atoms with Crippen molar-refractivity contribution in [1.82, 2.24) is 0 Å². The van der Waals surface area contributed by atoms with E-state index in [9.17, 15) is 4.79 Å². The van der Waals surface area contributed by atoms with Crippen LogP contribution in [0.1, 0.15) is 34.1 Å². The van der Waals surface area contributed by atoms with Gasteiger partial charge in [0.2, 0.25) is 0 Å². The Morgan fingerprint density at radius 3 is 2.38 bits per heavy atom. The summed E-state index contributed by atoms with van der Waals surface area (Å²) in [6.07, 6.45) is 1.16. The van der Waals surface area contributed by atoms with Crippen molar-refractivity contribution >= 4 is 17.7 Å². The number of rotatable bonds is 2. The average Bonchev–Trinajstić information content (AvgIpc) is 2.32. The van der Waals surface area contributed by atoms with Crippen molar-refractivity contribution in [3.8, 4) is 0 Å². The third-order valence-corrected chi connectivity index (χ3v) is 4.74. The molecule has 1 saturated heterocycles. The lowest BCUT2D eigenvalue weighted by molar-refractivity contribution is -0.144. The standard InChI is InChI=1S/C10H18O2S/c1-5-9-6(2)7(3)10(13-9)12-8(4)11/h6-7,9-10H,5H2,1-4H3/t6-,7-,9+,10?/m0/s1. The molecule has 1 aliphatic heterocycles. The van der Waals surface area contributed by atoms with Crippen LogP contribution < -0.4 is 0 Å². The first kappa shape index (κ1) is 10.9. The van der Waals surface area contributed by atoms with Crippen LogP contribution in [0.25, 0.3) is 0 Å². The highest BCUT2D eigenvalue weighted by molar-refractivity contribution is 8.00. The van der Waals surface area contributed by atoms with Crippen molar-refractivity contribution in [3.63, 3.8) is 0 Å². The first-order valence-corrected chi connectivity index (χ1v) is 5.83. The molecule has 0 N–H and O–H groups in total. The number of carbonyl (C=O) groups excluding carboxylic acids is 1. The summed E-state index contributed by atoms with van der Waals surface area (Å²) in [7, 11) is 0. The van der Waals surface area contributed by atoms with E-state index < -0.39 is 0 Å². The molecular weight excluding hydrogens is 184 g/mol. The molecule has 0 amide bonds. The smallest absolute Gasteiger partial charge is 0.303 e. The van der Waals surface area contributed by atoms with E-state index >= 15 is 0 Å². The minimum absolute atomic E-state index is 0.0810. The highest BCUT2D eigenvalue weighted by Crippen LogP contribution is 2.44. The molecule has 0 aromatic heterocycles. The van der Waals surface area contributed by atoms with Crippen molar-refractivity contribution in [2.75, 3.05) is 0 Å². The second-order valence-electron chi connectivity index (χ2n) is 3.78. The molecule has 0 spiro atoms. The fourth-order valence-electron chi connectivity index (χ4n) is 1.77. The number of hydrogen-bond donors (Lipinski definition) is 0. The highest BCUT2D eigenvalue weighted by Gasteiger charge is 2.39. The summed E-state index contributed by atoms with van der Waals surface area (Å²) in [5, 5.41) is 0.652. The Balaban J connectivity index is 2.55. The van der Waals surface area contributed by atoms with Gasteiger partial charge in [-0.05, 0) is 12.3 Å². The van der Waals surface area contributed by atoms with Crippen molar-refractivity contribution in [2.45, 2.75) is 44.8 Å². The maximum absolute atomic E-state index is 10.8. The summed E-state index contributed by atoms with van der Waals surface area (Å²) in [6, 6.07) is 0. The maximum Gasteiger partial charge on any atom is 0.303 e. The molecule has 76 valence electrons. The fourth-order valence-corrected chi connectivity index (χ4v) is 3.49. The largest absolute Gasteiger partial charge is 0.451 e. The number of carbonyl (C=O) groups is 1.